The molecule has 1 heterocycles. The Bertz CT molecular complexity index is 351. The van der Waals surface area contributed by atoms with Crippen molar-refractivity contribution < 1.29 is 19.2 Å². The van der Waals surface area contributed by atoms with Crippen LogP contribution >= 0.6 is 0 Å². The first-order valence-electron chi connectivity index (χ1n) is 7.44. The molecule has 0 fully saturated rings. The van der Waals surface area contributed by atoms with Crippen LogP contribution < -0.4 is 9.67 Å². The molecule has 1 rings (SSSR count). The number of aromatic nitrogens is 2. The standard InChI is InChI=1S/C9H18O3.C6H11N2/c1-2-3-4-5-6-7-8-12-9(10)11;1-3-8-5-4-7(2)6-8/h2-8H2,1H3,(H,10,11);4-6H,3H2,1-2H3/q;+1/p-1. The third kappa shape index (κ3) is 11.6. The minimum Gasteiger partial charge on any atom is -0.550 e. The van der Waals surface area contributed by atoms with Crippen LogP contribution in [0.25, 0.3) is 0 Å². The van der Waals surface area contributed by atoms with Crippen LogP contribution in [0.4, 0.5) is 4.79 Å². The van der Waals surface area contributed by atoms with Gasteiger partial charge in [0.1, 0.15) is 12.4 Å². The zero-order valence-electron chi connectivity index (χ0n) is 13.0. The van der Waals surface area contributed by atoms with Gasteiger partial charge in [-0.1, -0.05) is 39.0 Å². The molecule has 5 nitrogen and oxygen atoms in total. The summed E-state index contributed by atoms with van der Waals surface area (Å²) in [7, 11) is 2.02. The van der Waals surface area contributed by atoms with E-state index in [1.165, 1.54) is 25.7 Å². The average Bonchev–Trinajstić information content (AvgIpc) is 2.84. The number of nitrogens with zero attached hydrogens (tertiary/aromatic N) is 2. The van der Waals surface area contributed by atoms with E-state index in [0.717, 1.165) is 19.4 Å². The fraction of sp³-hybridized carbons (Fsp3) is 0.733. The molecule has 0 radical (unpaired) electrons. The third-order valence-corrected chi connectivity index (χ3v) is 2.91. The van der Waals surface area contributed by atoms with Crippen molar-refractivity contribution in [1.29, 1.82) is 0 Å². The molecule has 0 unspecified atom stereocenters. The summed E-state index contributed by atoms with van der Waals surface area (Å²) in [5.74, 6) is 0. The molecule has 20 heavy (non-hydrogen) atoms. The highest BCUT2D eigenvalue weighted by Gasteiger charge is 1.92. The summed E-state index contributed by atoms with van der Waals surface area (Å²) in [5, 5.41) is 9.80. The van der Waals surface area contributed by atoms with Crippen molar-refractivity contribution in [3.8, 4) is 0 Å². The second-order valence-electron chi connectivity index (χ2n) is 4.78. The number of carboxylic acid groups (broad SMARTS) is 1. The highest BCUT2D eigenvalue weighted by atomic mass is 16.7. The van der Waals surface area contributed by atoms with Crippen LogP contribution in [0.3, 0.4) is 0 Å². The zero-order valence-corrected chi connectivity index (χ0v) is 13.0. The lowest BCUT2D eigenvalue weighted by molar-refractivity contribution is -0.671. The Morgan fingerprint density at radius 3 is 2.30 bits per heavy atom. The van der Waals surface area contributed by atoms with Gasteiger partial charge in [0.05, 0.1) is 13.6 Å². The molecule has 0 N–H and O–H groups in total. The molecule has 0 atom stereocenters. The van der Waals surface area contributed by atoms with Crippen LogP contribution in [-0.4, -0.2) is 17.3 Å². The number of imidazole rings is 1. The van der Waals surface area contributed by atoms with E-state index in [1.807, 2.05) is 17.8 Å². The molecular weight excluding hydrogens is 256 g/mol. The van der Waals surface area contributed by atoms with E-state index in [4.69, 9.17) is 0 Å². The number of hydrogen-bond donors (Lipinski definition) is 0. The van der Waals surface area contributed by atoms with Gasteiger partial charge in [0.2, 0.25) is 6.33 Å². The number of hydrogen-bond acceptors (Lipinski definition) is 3. The summed E-state index contributed by atoms with van der Waals surface area (Å²) in [6.07, 6.45) is 11.5. The van der Waals surface area contributed by atoms with Gasteiger partial charge in [0.15, 0.2) is 0 Å². The van der Waals surface area contributed by atoms with Gasteiger partial charge >= 0.3 is 0 Å². The molecule has 5 heteroatoms. The molecule has 116 valence electrons. The maximum atomic E-state index is 9.80. The summed E-state index contributed by atoms with van der Waals surface area (Å²) < 4.78 is 8.41. The van der Waals surface area contributed by atoms with Crippen molar-refractivity contribution in [2.75, 3.05) is 6.61 Å². The lowest BCUT2D eigenvalue weighted by Crippen LogP contribution is -2.23. The van der Waals surface area contributed by atoms with Crippen molar-refractivity contribution in [2.45, 2.75) is 58.9 Å². The molecule has 0 saturated carbocycles. The van der Waals surface area contributed by atoms with Crippen molar-refractivity contribution in [2.24, 2.45) is 7.05 Å². The summed E-state index contributed by atoms with van der Waals surface area (Å²) in [5.41, 5.74) is 0. The van der Waals surface area contributed by atoms with Gasteiger partial charge in [0.25, 0.3) is 6.16 Å². The van der Waals surface area contributed by atoms with Crippen molar-refractivity contribution in [3.63, 3.8) is 0 Å². The number of carbonyl (C=O) groups excluding carboxylic acids is 1. The molecule has 0 bridgehead atoms. The molecule has 0 amide bonds. The zero-order chi connectivity index (χ0) is 15.2. The van der Waals surface area contributed by atoms with Crippen LogP contribution in [0.2, 0.25) is 0 Å². The van der Waals surface area contributed by atoms with Crippen LogP contribution in [0, 0.1) is 0 Å². The van der Waals surface area contributed by atoms with Gasteiger partial charge in [-0.25, -0.2) is 9.13 Å². The topological polar surface area (TPSA) is 58.2 Å². The largest absolute Gasteiger partial charge is 0.550 e. The Morgan fingerprint density at radius 2 is 1.85 bits per heavy atom. The SMILES string of the molecule is CCCCCCCCOC(=O)[O-].CCn1cc[n+](C)c1. The highest BCUT2D eigenvalue weighted by Crippen LogP contribution is 2.04. The van der Waals surface area contributed by atoms with E-state index in [0.29, 0.717) is 0 Å². The fourth-order valence-electron chi connectivity index (χ4n) is 1.73. The predicted molar refractivity (Wildman–Crippen MR) is 76.0 cm³/mol. The summed E-state index contributed by atoms with van der Waals surface area (Å²) in [6, 6.07) is 0. The molecule has 0 saturated heterocycles. The molecule has 0 spiro atoms. The van der Waals surface area contributed by atoms with Gasteiger partial charge in [-0.2, -0.15) is 0 Å². The van der Waals surface area contributed by atoms with Gasteiger partial charge < -0.3 is 14.6 Å². The summed E-state index contributed by atoms with van der Waals surface area (Å²) in [4.78, 5) is 9.80. The van der Waals surface area contributed by atoms with Crippen LogP contribution in [0.5, 0.6) is 0 Å². The van der Waals surface area contributed by atoms with E-state index in [-0.39, 0.29) is 6.61 Å². The minimum atomic E-state index is -1.41. The molecular formula is C15H28N2O3. The highest BCUT2D eigenvalue weighted by molar-refractivity contribution is 5.53. The van der Waals surface area contributed by atoms with Crippen LogP contribution in [0.1, 0.15) is 52.4 Å². The number of aryl methyl sites for hydroxylation is 2. The fourth-order valence-corrected chi connectivity index (χ4v) is 1.73. The lowest BCUT2D eigenvalue weighted by Gasteiger charge is -2.06. The maximum absolute atomic E-state index is 9.80. The molecule has 0 aliphatic rings. The second kappa shape index (κ2) is 12.5. The number of carbonyl (C=O) groups is 1. The summed E-state index contributed by atoms with van der Waals surface area (Å²) in [6.45, 7) is 5.63. The minimum absolute atomic E-state index is 0.286. The van der Waals surface area contributed by atoms with E-state index in [2.05, 4.69) is 35.7 Å². The first kappa shape index (κ1) is 18.5. The Kier molecular flexibility index (Phi) is 11.6. The Labute approximate surface area is 122 Å². The number of ether oxygens (including phenoxy) is 1. The van der Waals surface area contributed by atoms with E-state index < -0.39 is 6.16 Å². The van der Waals surface area contributed by atoms with Gasteiger partial charge in [-0.05, 0) is 13.3 Å². The second-order valence-corrected chi connectivity index (χ2v) is 4.78. The van der Waals surface area contributed by atoms with E-state index in [9.17, 15) is 9.90 Å². The van der Waals surface area contributed by atoms with Crippen LogP contribution in [0.15, 0.2) is 18.7 Å². The number of rotatable bonds is 8. The quantitative estimate of drug-likeness (QED) is 0.417. The normalized spacial score (nSPS) is 9.75. The molecule has 1 aromatic heterocycles. The Hall–Kier alpha value is -1.52. The maximum Gasteiger partial charge on any atom is 0.251 e. The molecule has 0 aromatic carbocycles. The first-order valence-corrected chi connectivity index (χ1v) is 7.44. The van der Waals surface area contributed by atoms with Gasteiger partial charge in [0, 0.05) is 6.61 Å². The predicted octanol–water partition coefficient (Wildman–Crippen LogP) is 2.04. The van der Waals surface area contributed by atoms with E-state index in [1.54, 1.807) is 0 Å². The molecule has 0 aliphatic heterocycles. The average molecular weight is 284 g/mol. The first-order chi connectivity index (χ1) is 9.60. The van der Waals surface area contributed by atoms with Gasteiger partial charge in [-0.15, -0.1) is 0 Å². The van der Waals surface area contributed by atoms with Crippen molar-refractivity contribution >= 4 is 6.16 Å². The third-order valence-electron chi connectivity index (χ3n) is 2.91. The Morgan fingerprint density at radius 1 is 1.20 bits per heavy atom. The molecule has 1 aromatic rings. The Balaban J connectivity index is 0.000000388. The van der Waals surface area contributed by atoms with Gasteiger partial charge in [-0.3, -0.25) is 0 Å². The van der Waals surface area contributed by atoms with Crippen molar-refractivity contribution in [3.05, 3.63) is 18.7 Å². The van der Waals surface area contributed by atoms with Crippen molar-refractivity contribution in [1.82, 2.24) is 4.57 Å². The summed E-state index contributed by atoms with van der Waals surface area (Å²) >= 11 is 0. The molecule has 0 aliphatic carbocycles. The van der Waals surface area contributed by atoms with E-state index >= 15 is 0 Å². The monoisotopic (exact) mass is 284 g/mol. The van der Waals surface area contributed by atoms with Crippen LogP contribution in [-0.2, 0) is 18.3 Å². The smallest absolute Gasteiger partial charge is 0.251 e. The lowest BCUT2D eigenvalue weighted by atomic mass is 10.1. The number of unbranched alkanes of at least 4 members (excludes halogenated alkanes) is 5.